The number of amides is 4. The summed E-state index contributed by atoms with van der Waals surface area (Å²) >= 11 is 38.5. The predicted molar refractivity (Wildman–Crippen MR) is 485 cm³/mol. The van der Waals surface area contributed by atoms with Gasteiger partial charge in [-0.25, -0.2) is 18.4 Å². The second-order valence-corrected chi connectivity index (χ2v) is 34.2. The summed E-state index contributed by atoms with van der Waals surface area (Å²) in [7, 11) is 2.30. The number of fused-ring (bicyclic) bond motifs is 3. The molecular weight excluding hydrogens is 1720 g/mol. The van der Waals surface area contributed by atoms with Gasteiger partial charge in [-0.3, -0.25) is 28.9 Å². The van der Waals surface area contributed by atoms with Crippen molar-refractivity contribution in [3.05, 3.63) is 339 Å². The SMILES string of the molecule is CCOC(=O)CN1C/C(=C\c2ccc(OC)cc2)c2c(c(C(=O)N[C@H](C)c3ccccc3)nn2-c2ccc(Cl)cc2Cl)C1.COc1ccc(/C=C2\CN(S(=O)(=O)N(C)C)Cc3c(C(=O)N[C@H](C)c4ccccc4)nn(-c4ccc(Cl)cc4Cl)c32)cc1.C[C@@H](NC(=O)c1nn(-c2ccc(Cl)cc2Cl)c2c1CN(C=O)C/C2=C\c1ccc(F)cc1)c1ccccc1. The smallest absolute Gasteiger partial charge is 0.320 e. The zero-order valence-corrected chi connectivity index (χ0v) is 73.9. The predicted octanol–water partition coefficient (Wildman–Crippen LogP) is 18.8. The molecule has 3 aromatic heterocycles. The third-order valence-corrected chi connectivity index (χ3v) is 24.2. The van der Waals surface area contributed by atoms with Crippen LogP contribution in [0.5, 0.6) is 11.5 Å². The fourth-order valence-corrected chi connectivity index (χ4v) is 17.1. The van der Waals surface area contributed by atoms with Crippen molar-refractivity contribution < 1.29 is 51.0 Å². The Morgan fingerprint density at radius 2 is 0.815 bits per heavy atom. The maximum Gasteiger partial charge on any atom is 0.320 e. The van der Waals surface area contributed by atoms with Crippen LogP contribution in [0.25, 0.3) is 52.0 Å². The Morgan fingerprint density at radius 1 is 0.468 bits per heavy atom. The quantitative estimate of drug-likeness (QED) is 0.0398. The summed E-state index contributed by atoms with van der Waals surface area (Å²) in [4.78, 5) is 69.3. The molecule has 12 aromatic rings. The Kier molecular flexibility index (Phi) is 29.2. The minimum Gasteiger partial charge on any atom is -0.497 e. The van der Waals surface area contributed by atoms with E-state index in [0.717, 1.165) is 66.7 Å². The van der Waals surface area contributed by atoms with Crippen molar-refractivity contribution in [2.75, 3.05) is 61.1 Å². The van der Waals surface area contributed by atoms with Crippen LogP contribution < -0.4 is 25.4 Å². The van der Waals surface area contributed by atoms with Gasteiger partial charge in [-0.2, -0.15) is 32.3 Å². The number of hydrogen-bond donors (Lipinski definition) is 3. The Bertz CT molecular complexity index is 6160. The van der Waals surface area contributed by atoms with E-state index in [2.05, 4.69) is 16.0 Å². The first kappa shape index (κ1) is 90.0. The van der Waals surface area contributed by atoms with E-state index in [1.807, 2.05) is 183 Å². The first-order valence-corrected chi connectivity index (χ1v) is 43.0. The lowest BCUT2D eigenvalue weighted by Crippen LogP contribution is -2.43. The maximum absolute atomic E-state index is 13.9. The molecular formula is C93H86Cl6FN13O10S. The Morgan fingerprint density at radius 3 is 1.16 bits per heavy atom. The summed E-state index contributed by atoms with van der Waals surface area (Å²) in [6, 6.07) is 64.3. The number of rotatable bonds is 23. The zero-order chi connectivity index (χ0) is 88.2. The van der Waals surface area contributed by atoms with Crippen LogP contribution in [0.3, 0.4) is 0 Å². The number of carbonyl (C=O) groups excluding carboxylic acids is 5. The number of esters is 1. The van der Waals surface area contributed by atoms with Gasteiger partial charge in [0.2, 0.25) is 6.41 Å². The van der Waals surface area contributed by atoms with E-state index in [0.29, 0.717) is 99.7 Å². The zero-order valence-electron chi connectivity index (χ0n) is 68.6. The Labute approximate surface area is 747 Å². The molecule has 638 valence electrons. The molecule has 124 heavy (non-hydrogen) atoms. The molecule has 31 heteroatoms. The monoisotopic (exact) mass is 1810 g/mol. The van der Waals surface area contributed by atoms with Gasteiger partial charge in [-0.1, -0.05) is 197 Å². The molecule has 4 amide bonds. The molecule has 3 aliphatic rings. The van der Waals surface area contributed by atoms with Gasteiger partial charge in [-0.15, -0.1) is 0 Å². The largest absolute Gasteiger partial charge is 0.497 e. The minimum atomic E-state index is -3.86. The van der Waals surface area contributed by atoms with Gasteiger partial charge in [-0.05, 0) is 187 Å². The van der Waals surface area contributed by atoms with Gasteiger partial charge < -0.3 is 35.1 Å². The lowest BCUT2D eigenvalue weighted by atomic mass is 9.97. The van der Waals surface area contributed by atoms with E-state index in [-0.39, 0.29) is 98.1 Å². The van der Waals surface area contributed by atoms with Crippen molar-refractivity contribution in [2.45, 2.75) is 65.5 Å². The highest BCUT2D eigenvalue weighted by molar-refractivity contribution is 7.86. The third-order valence-electron chi connectivity index (χ3n) is 20.8. The molecule has 0 bridgehead atoms. The molecule has 0 unspecified atom stereocenters. The van der Waals surface area contributed by atoms with Crippen molar-refractivity contribution in [1.29, 1.82) is 0 Å². The summed E-state index contributed by atoms with van der Waals surface area (Å²) < 4.78 is 63.7. The summed E-state index contributed by atoms with van der Waals surface area (Å²) in [5.41, 5.74) is 13.3. The van der Waals surface area contributed by atoms with Crippen LogP contribution in [0, 0.1) is 5.82 Å². The Balaban J connectivity index is 0.000000160. The number of nitrogens with one attached hydrogen (secondary N) is 3. The van der Waals surface area contributed by atoms with Crippen LogP contribution in [0.1, 0.15) is 144 Å². The lowest BCUT2D eigenvalue weighted by Gasteiger charge is -2.31. The topological polar surface area (TPSA) is 250 Å². The summed E-state index contributed by atoms with van der Waals surface area (Å²) in [6.45, 7) is 8.96. The molecule has 0 fully saturated rings. The van der Waals surface area contributed by atoms with E-state index < -0.39 is 16.1 Å². The van der Waals surface area contributed by atoms with Crippen LogP contribution in [-0.4, -0.2) is 147 Å². The van der Waals surface area contributed by atoms with Gasteiger partial charge >= 0.3 is 5.97 Å². The van der Waals surface area contributed by atoms with Crippen molar-refractivity contribution in [3.8, 4) is 28.6 Å². The highest BCUT2D eigenvalue weighted by atomic mass is 35.5. The van der Waals surface area contributed by atoms with Gasteiger partial charge in [0.05, 0.1) is 101 Å². The van der Waals surface area contributed by atoms with E-state index in [1.165, 1.54) is 30.5 Å². The third kappa shape index (κ3) is 21.0. The fourth-order valence-electron chi connectivity index (χ4n) is 14.6. The highest BCUT2D eigenvalue weighted by Crippen LogP contribution is 2.42. The molecule has 0 aliphatic carbocycles. The average Bonchev–Trinajstić information content (AvgIpc) is 1.61. The number of benzene rings is 9. The van der Waals surface area contributed by atoms with Gasteiger partial charge in [0.25, 0.3) is 27.9 Å². The standard InChI is InChI=1S/C33H32Cl2N4O4.C31H31Cl2N5O4S.C29H23Cl2FN4O2/c1-4-43-30(40)20-38-18-24(16-22-10-13-26(42-3)14-11-22)32-27(19-38)31(33(41)36-21(2)23-8-6-5-7-9-23)37-39(32)29-15-12-25(34)17-28(29)35;1-20(22-8-6-5-7-9-22)34-31(39)29-26-19-37(43(40,41)36(2)3)18-23(16-21-10-13-25(42-4)14-11-21)30(26)38(35-29)28-15-12-24(32)17-27(28)33;1-18(20-5-3-2-4-6-20)33-29(38)27-24-16-35(17-37)15-21(13-19-7-10-23(32)11-8-19)28(24)36(34-27)26-12-9-22(30)14-25(26)31/h5-17,21H,4,18-20H2,1-3H3,(H,36,41);5-17,20H,18-19H2,1-4H3,(H,34,39);2-14,17-18H,15-16H2,1H3,(H,33,38)/b24-16+;23-16+;21-13+/t21-;20-;18-/m111/s1. The maximum atomic E-state index is 13.9. The van der Waals surface area contributed by atoms with Crippen LogP contribution in [-0.2, 0) is 44.2 Å². The molecule has 0 radical (unpaired) electrons. The van der Waals surface area contributed by atoms with Crippen molar-refractivity contribution in [1.82, 2.24) is 63.7 Å². The van der Waals surface area contributed by atoms with Crippen LogP contribution in [0.4, 0.5) is 4.39 Å². The molecule has 3 atom stereocenters. The van der Waals surface area contributed by atoms with Gasteiger partial charge in [0.1, 0.15) is 17.3 Å². The normalized spacial score (nSPS) is 14.9. The van der Waals surface area contributed by atoms with Crippen molar-refractivity contribution >= 4 is 145 Å². The molecule has 3 N–H and O–H groups in total. The number of aromatic nitrogens is 6. The molecule has 3 aliphatic heterocycles. The number of hydrogen-bond acceptors (Lipinski definition) is 14. The van der Waals surface area contributed by atoms with E-state index >= 15 is 0 Å². The molecule has 9 aromatic carbocycles. The highest BCUT2D eigenvalue weighted by Gasteiger charge is 2.40. The molecule has 0 saturated heterocycles. The fraction of sp³-hybridized carbons (Fsp3) is 0.204. The van der Waals surface area contributed by atoms with Crippen LogP contribution in [0.15, 0.2) is 218 Å². The molecule has 0 saturated carbocycles. The minimum absolute atomic E-state index is 0.0396. The van der Waals surface area contributed by atoms with E-state index in [9.17, 15) is 36.8 Å². The number of ether oxygens (including phenoxy) is 3. The molecule has 0 spiro atoms. The number of halogens is 7. The van der Waals surface area contributed by atoms with E-state index in [4.69, 9.17) is 99.1 Å². The first-order valence-electron chi connectivity index (χ1n) is 39.3. The van der Waals surface area contributed by atoms with Gasteiger partial charge in [0, 0.05) is 78.6 Å². The van der Waals surface area contributed by atoms with E-state index in [1.54, 1.807) is 107 Å². The van der Waals surface area contributed by atoms with Crippen molar-refractivity contribution in [2.24, 2.45) is 0 Å². The number of nitrogens with zero attached hydrogens (tertiary/aromatic N) is 10. The lowest BCUT2D eigenvalue weighted by molar-refractivity contribution is -0.144. The number of methoxy groups -OCH3 is 2. The Hall–Kier alpha value is -11.7. The first-order chi connectivity index (χ1) is 59.6. The summed E-state index contributed by atoms with van der Waals surface area (Å²) in [5.74, 6) is -0.423. The number of carbonyl (C=O) groups is 5. The molecule has 23 nitrogen and oxygen atoms in total. The molecule has 15 rings (SSSR count). The van der Waals surface area contributed by atoms with Crippen LogP contribution >= 0.6 is 69.6 Å². The summed E-state index contributed by atoms with van der Waals surface area (Å²) in [6.07, 6.45) is 6.49. The second-order valence-electron chi connectivity index (χ2n) is 29.5. The second kappa shape index (κ2) is 40.3. The summed E-state index contributed by atoms with van der Waals surface area (Å²) in [5, 5.41) is 25.9. The van der Waals surface area contributed by atoms with Crippen molar-refractivity contribution in [3.63, 3.8) is 0 Å². The van der Waals surface area contributed by atoms with Crippen LogP contribution in [0.2, 0.25) is 30.1 Å². The molecule has 6 heterocycles. The van der Waals surface area contributed by atoms with Gasteiger partial charge in [0.15, 0.2) is 17.1 Å². The average molecular weight is 1810 g/mol.